The third-order valence-corrected chi connectivity index (χ3v) is 7.19. The van der Waals surface area contributed by atoms with Gasteiger partial charge in [-0.3, -0.25) is 0 Å². The van der Waals surface area contributed by atoms with E-state index in [1.165, 1.54) is 5.56 Å². The molecule has 0 spiro atoms. The number of nitrogens with zero attached hydrogens (tertiary/aromatic N) is 1. The summed E-state index contributed by atoms with van der Waals surface area (Å²) in [6.07, 6.45) is 4.70. The topological polar surface area (TPSA) is 46.6 Å². The highest BCUT2D eigenvalue weighted by atomic mass is 32.2. The molecule has 5 heteroatoms. The molecule has 1 atom stereocenters. The van der Waals surface area contributed by atoms with Crippen molar-refractivity contribution in [2.24, 2.45) is 0 Å². The summed E-state index contributed by atoms with van der Waals surface area (Å²) < 4.78 is 32.1. The van der Waals surface area contributed by atoms with E-state index < -0.39 is 10.0 Å². The zero-order valence-corrected chi connectivity index (χ0v) is 13.3. The molecule has 0 unspecified atom stereocenters. The van der Waals surface area contributed by atoms with Gasteiger partial charge in [-0.15, -0.1) is 0 Å². The predicted molar refractivity (Wildman–Crippen MR) is 83.1 cm³/mol. The van der Waals surface area contributed by atoms with Gasteiger partial charge in [0.05, 0.1) is 12.4 Å². The zero-order valence-electron chi connectivity index (χ0n) is 12.5. The van der Waals surface area contributed by atoms with E-state index in [-0.39, 0.29) is 5.25 Å². The molecule has 4 nitrogen and oxygen atoms in total. The van der Waals surface area contributed by atoms with Gasteiger partial charge in [-0.05, 0) is 42.9 Å². The summed E-state index contributed by atoms with van der Waals surface area (Å²) in [5.74, 6) is 1.15. The molecule has 0 radical (unpaired) electrons. The molecular formula is C16H23NO3S. The van der Waals surface area contributed by atoms with Crippen LogP contribution >= 0.6 is 0 Å². The van der Waals surface area contributed by atoms with Crippen molar-refractivity contribution in [2.75, 3.05) is 20.2 Å². The van der Waals surface area contributed by atoms with E-state index in [9.17, 15) is 8.42 Å². The Balaban J connectivity index is 1.69. The number of hydrogen-bond donors (Lipinski definition) is 0. The fourth-order valence-corrected chi connectivity index (χ4v) is 5.60. The summed E-state index contributed by atoms with van der Waals surface area (Å²) in [4.78, 5) is 0. The molecule has 1 aliphatic heterocycles. The van der Waals surface area contributed by atoms with Crippen molar-refractivity contribution >= 4 is 10.0 Å². The first kappa shape index (κ1) is 14.9. The highest BCUT2D eigenvalue weighted by Gasteiger charge is 2.38. The molecule has 0 N–H and O–H groups in total. The lowest BCUT2D eigenvalue weighted by molar-refractivity contribution is 0.414. The minimum Gasteiger partial charge on any atom is -0.497 e. The molecule has 1 aromatic carbocycles. The van der Waals surface area contributed by atoms with Crippen LogP contribution in [0.4, 0.5) is 0 Å². The van der Waals surface area contributed by atoms with E-state index in [0.29, 0.717) is 19.0 Å². The Kier molecular flexibility index (Phi) is 4.22. The van der Waals surface area contributed by atoms with Crippen LogP contribution in [-0.4, -0.2) is 38.2 Å². The maximum Gasteiger partial charge on any atom is 0.216 e. The van der Waals surface area contributed by atoms with E-state index in [1.54, 1.807) is 11.4 Å². The Morgan fingerprint density at radius 1 is 1.10 bits per heavy atom. The van der Waals surface area contributed by atoms with Crippen LogP contribution in [0.5, 0.6) is 5.75 Å². The number of sulfonamides is 1. The summed E-state index contributed by atoms with van der Waals surface area (Å²) in [5, 5.41) is -0.132. The van der Waals surface area contributed by atoms with Crippen molar-refractivity contribution in [3.8, 4) is 5.75 Å². The normalized spacial score (nSPS) is 24.5. The Morgan fingerprint density at radius 2 is 1.76 bits per heavy atom. The monoisotopic (exact) mass is 309 g/mol. The molecule has 1 aliphatic carbocycles. The van der Waals surface area contributed by atoms with Crippen LogP contribution < -0.4 is 4.74 Å². The third kappa shape index (κ3) is 2.94. The van der Waals surface area contributed by atoms with E-state index in [2.05, 4.69) is 12.1 Å². The quantitative estimate of drug-likeness (QED) is 0.859. The molecule has 116 valence electrons. The van der Waals surface area contributed by atoms with Crippen LogP contribution in [0.25, 0.3) is 0 Å². The van der Waals surface area contributed by atoms with Crippen molar-refractivity contribution in [3.63, 3.8) is 0 Å². The average molecular weight is 309 g/mol. The molecular weight excluding hydrogens is 286 g/mol. The lowest BCUT2D eigenvalue weighted by Gasteiger charge is -2.21. The number of rotatable bonds is 4. The highest BCUT2D eigenvalue weighted by Crippen LogP contribution is 2.34. The number of hydrogen-bond acceptors (Lipinski definition) is 3. The molecule has 0 amide bonds. The molecule has 1 heterocycles. The van der Waals surface area contributed by atoms with Crippen LogP contribution in [0.15, 0.2) is 24.3 Å². The first-order valence-electron chi connectivity index (χ1n) is 7.74. The van der Waals surface area contributed by atoms with Gasteiger partial charge >= 0.3 is 0 Å². The van der Waals surface area contributed by atoms with E-state index >= 15 is 0 Å². The van der Waals surface area contributed by atoms with E-state index in [0.717, 1.165) is 37.9 Å². The molecule has 21 heavy (non-hydrogen) atoms. The second-order valence-corrected chi connectivity index (χ2v) is 8.28. The summed E-state index contributed by atoms with van der Waals surface area (Å²) in [5.41, 5.74) is 1.21. The van der Waals surface area contributed by atoms with Gasteiger partial charge in [0.2, 0.25) is 10.0 Å². The van der Waals surface area contributed by atoms with Gasteiger partial charge in [0, 0.05) is 13.1 Å². The van der Waals surface area contributed by atoms with Gasteiger partial charge < -0.3 is 4.74 Å². The Bertz CT molecular complexity index is 576. The highest BCUT2D eigenvalue weighted by molar-refractivity contribution is 7.89. The maximum absolute atomic E-state index is 12.6. The fraction of sp³-hybridized carbons (Fsp3) is 0.625. The maximum atomic E-state index is 12.6. The number of benzene rings is 1. The lowest BCUT2D eigenvalue weighted by atomic mass is 9.99. The predicted octanol–water partition coefficient (Wildman–Crippen LogP) is 2.76. The second-order valence-electron chi connectivity index (χ2n) is 6.07. The molecule has 1 saturated carbocycles. The van der Waals surface area contributed by atoms with E-state index in [1.807, 2.05) is 12.1 Å². The molecule has 1 aromatic rings. The summed E-state index contributed by atoms with van der Waals surface area (Å²) in [6.45, 7) is 1.29. The van der Waals surface area contributed by atoms with Crippen LogP contribution in [0.3, 0.4) is 0 Å². The van der Waals surface area contributed by atoms with Crippen LogP contribution in [0.1, 0.15) is 43.6 Å². The molecule has 3 rings (SSSR count). The fourth-order valence-electron chi connectivity index (χ4n) is 3.50. The van der Waals surface area contributed by atoms with Crippen molar-refractivity contribution in [1.29, 1.82) is 0 Å². The zero-order chi connectivity index (χ0) is 14.9. The van der Waals surface area contributed by atoms with Gasteiger partial charge in [-0.2, -0.15) is 0 Å². The van der Waals surface area contributed by atoms with Crippen LogP contribution in [0.2, 0.25) is 0 Å². The molecule has 0 aromatic heterocycles. The Hall–Kier alpha value is -1.07. The van der Waals surface area contributed by atoms with E-state index in [4.69, 9.17) is 4.74 Å². The van der Waals surface area contributed by atoms with Gasteiger partial charge in [-0.1, -0.05) is 25.0 Å². The molecule has 0 bridgehead atoms. The van der Waals surface area contributed by atoms with Crippen molar-refractivity contribution < 1.29 is 13.2 Å². The average Bonchev–Trinajstić information content (AvgIpc) is 3.19. The first-order chi connectivity index (χ1) is 10.1. The molecule has 1 saturated heterocycles. The minimum absolute atomic E-state index is 0.132. The lowest BCUT2D eigenvalue weighted by Crippen LogP contribution is -2.35. The number of methoxy groups -OCH3 is 1. The Labute approximate surface area is 127 Å². The smallest absolute Gasteiger partial charge is 0.216 e. The standard InChI is InChI=1S/C16H23NO3S/c1-20-15-8-6-13(7-9-15)14-10-11-17(12-14)21(18,19)16-4-2-3-5-16/h6-9,14,16H,2-5,10-12H2,1H3/t14-/m1/s1. The second kappa shape index (κ2) is 5.97. The number of ether oxygens (including phenoxy) is 1. The minimum atomic E-state index is -3.08. The molecule has 2 fully saturated rings. The van der Waals surface area contributed by atoms with Gasteiger partial charge in [-0.25, -0.2) is 12.7 Å². The van der Waals surface area contributed by atoms with Gasteiger partial charge in [0.15, 0.2) is 0 Å². The summed E-state index contributed by atoms with van der Waals surface area (Å²) in [6, 6.07) is 8.00. The summed E-state index contributed by atoms with van der Waals surface area (Å²) in [7, 11) is -1.43. The molecule has 2 aliphatic rings. The van der Waals surface area contributed by atoms with Crippen molar-refractivity contribution in [3.05, 3.63) is 29.8 Å². The van der Waals surface area contributed by atoms with Gasteiger partial charge in [0.1, 0.15) is 5.75 Å². The van der Waals surface area contributed by atoms with Crippen molar-refractivity contribution in [1.82, 2.24) is 4.31 Å². The third-order valence-electron chi connectivity index (χ3n) is 4.82. The first-order valence-corrected chi connectivity index (χ1v) is 9.24. The Morgan fingerprint density at radius 3 is 2.38 bits per heavy atom. The summed E-state index contributed by atoms with van der Waals surface area (Å²) >= 11 is 0. The van der Waals surface area contributed by atoms with Crippen molar-refractivity contribution in [2.45, 2.75) is 43.3 Å². The van der Waals surface area contributed by atoms with Crippen LogP contribution in [-0.2, 0) is 10.0 Å². The van der Waals surface area contributed by atoms with Gasteiger partial charge in [0.25, 0.3) is 0 Å². The SMILES string of the molecule is COc1ccc([C@@H]2CCN(S(=O)(=O)C3CCCC3)C2)cc1. The van der Waals surface area contributed by atoms with Crippen LogP contribution in [0, 0.1) is 0 Å². The largest absolute Gasteiger partial charge is 0.497 e.